The van der Waals surface area contributed by atoms with E-state index in [2.05, 4.69) is 50.7 Å². The Balaban J connectivity index is 3.11. The van der Waals surface area contributed by atoms with Crippen molar-refractivity contribution in [2.75, 3.05) is 6.26 Å². The van der Waals surface area contributed by atoms with Crippen LogP contribution in [0.2, 0.25) is 0 Å². The van der Waals surface area contributed by atoms with E-state index < -0.39 is 0 Å². The third-order valence-corrected chi connectivity index (χ3v) is 4.68. The Hall–Kier alpha value is 0.450. The van der Waals surface area contributed by atoms with Crippen LogP contribution in [0.25, 0.3) is 0 Å². The van der Waals surface area contributed by atoms with Crippen LogP contribution in [0.4, 0.5) is 0 Å². The number of alkyl halides is 1. The number of ketones is 1. The first-order valence-corrected chi connectivity index (χ1v) is 7.26. The second-order valence-electron chi connectivity index (χ2n) is 2.86. The number of halogens is 2. The van der Waals surface area contributed by atoms with Crippen molar-refractivity contribution in [1.82, 2.24) is 0 Å². The Morgan fingerprint density at radius 2 is 2.21 bits per heavy atom. The summed E-state index contributed by atoms with van der Waals surface area (Å²) in [6.45, 7) is 1.60. The molecule has 0 radical (unpaired) electrons. The van der Waals surface area contributed by atoms with E-state index in [9.17, 15) is 4.79 Å². The Bertz CT molecular complexity index is 354. The molecule has 1 atom stereocenters. The highest BCUT2D eigenvalue weighted by atomic mass is 127. The number of carbonyl (C=O) groups is 1. The SMILES string of the molecule is CSc1ccc(I)c(C(Br)C(C)=O)c1. The van der Waals surface area contributed by atoms with Crippen LogP contribution in [0.5, 0.6) is 0 Å². The number of hydrogen-bond donors (Lipinski definition) is 0. The van der Waals surface area contributed by atoms with Gasteiger partial charge < -0.3 is 0 Å². The Morgan fingerprint density at radius 3 is 2.71 bits per heavy atom. The summed E-state index contributed by atoms with van der Waals surface area (Å²) in [5.41, 5.74) is 1.06. The minimum atomic E-state index is -0.179. The predicted molar refractivity (Wildman–Crippen MR) is 73.3 cm³/mol. The van der Waals surface area contributed by atoms with Crippen LogP contribution in [0.1, 0.15) is 17.3 Å². The third-order valence-electron chi connectivity index (χ3n) is 1.83. The predicted octanol–water partition coefficient (Wildman–Crippen LogP) is 4.04. The lowest BCUT2D eigenvalue weighted by Gasteiger charge is -2.10. The van der Waals surface area contributed by atoms with E-state index in [1.165, 1.54) is 4.90 Å². The summed E-state index contributed by atoms with van der Waals surface area (Å²) in [7, 11) is 0. The minimum absolute atomic E-state index is 0.140. The van der Waals surface area contributed by atoms with Gasteiger partial charge in [0.2, 0.25) is 0 Å². The molecule has 0 aliphatic carbocycles. The zero-order valence-electron chi connectivity index (χ0n) is 7.88. The smallest absolute Gasteiger partial charge is 0.147 e. The summed E-state index contributed by atoms with van der Waals surface area (Å²) >= 11 is 7.34. The van der Waals surface area contributed by atoms with Crippen molar-refractivity contribution in [3.05, 3.63) is 27.3 Å². The highest BCUT2D eigenvalue weighted by Gasteiger charge is 2.15. The van der Waals surface area contributed by atoms with Gasteiger partial charge in [-0.25, -0.2) is 0 Å². The molecular formula is C10H10BrIOS. The standard InChI is InChI=1S/C10H10BrIOS/c1-6(13)10(11)8-5-7(14-2)3-4-9(8)12/h3-5,10H,1-2H3. The molecular weight excluding hydrogens is 375 g/mol. The van der Waals surface area contributed by atoms with Gasteiger partial charge in [0.25, 0.3) is 0 Å². The molecule has 0 aliphatic heterocycles. The van der Waals surface area contributed by atoms with Crippen LogP contribution < -0.4 is 0 Å². The van der Waals surface area contributed by atoms with Gasteiger partial charge in [-0.3, -0.25) is 4.79 Å². The maximum absolute atomic E-state index is 11.2. The molecule has 1 aromatic carbocycles. The normalized spacial score (nSPS) is 12.6. The van der Waals surface area contributed by atoms with Gasteiger partial charge in [0.15, 0.2) is 0 Å². The van der Waals surface area contributed by atoms with Gasteiger partial charge in [-0.1, -0.05) is 15.9 Å². The molecule has 0 N–H and O–H groups in total. The quantitative estimate of drug-likeness (QED) is 0.444. The number of carbonyl (C=O) groups excluding carboxylic acids is 1. The Labute approximate surface area is 110 Å². The molecule has 76 valence electrons. The van der Waals surface area contributed by atoms with Crippen molar-refractivity contribution in [3.63, 3.8) is 0 Å². The molecule has 1 nitrogen and oxygen atoms in total. The largest absolute Gasteiger partial charge is 0.298 e. The van der Waals surface area contributed by atoms with Gasteiger partial charge in [-0.2, -0.15) is 0 Å². The number of thioether (sulfide) groups is 1. The highest BCUT2D eigenvalue weighted by Crippen LogP contribution is 2.31. The average molecular weight is 385 g/mol. The van der Waals surface area contributed by atoms with Crippen molar-refractivity contribution in [3.8, 4) is 0 Å². The molecule has 0 fully saturated rings. The van der Waals surface area contributed by atoms with Crippen molar-refractivity contribution in [2.45, 2.75) is 16.6 Å². The van der Waals surface area contributed by atoms with E-state index in [4.69, 9.17) is 0 Å². The molecule has 0 amide bonds. The van der Waals surface area contributed by atoms with Crippen molar-refractivity contribution < 1.29 is 4.79 Å². The Kier molecular flexibility index (Phi) is 4.93. The van der Waals surface area contributed by atoms with E-state index in [1.807, 2.05) is 12.3 Å². The van der Waals surface area contributed by atoms with Crippen LogP contribution in [0.15, 0.2) is 23.1 Å². The lowest BCUT2D eigenvalue weighted by molar-refractivity contribution is -0.116. The van der Waals surface area contributed by atoms with E-state index in [0.717, 1.165) is 9.13 Å². The molecule has 0 aliphatic rings. The minimum Gasteiger partial charge on any atom is -0.298 e. The fourth-order valence-electron chi connectivity index (χ4n) is 1.06. The molecule has 0 saturated carbocycles. The van der Waals surface area contributed by atoms with E-state index >= 15 is 0 Å². The molecule has 0 aromatic heterocycles. The number of hydrogen-bond acceptors (Lipinski definition) is 2. The van der Waals surface area contributed by atoms with Crippen molar-refractivity contribution in [1.29, 1.82) is 0 Å². The van der Waals surface area contributed by atoms with Crippen LogP contribution >= 0.6 is 50.3 Å². The molecule has 0 bridgehead atoms. The highest BCUT2D eigenvalue weighted by molar-refractivity contribution is 14.1. The fraction of sp³-hybridized carbons (Fsp3) is 0.300. The summed E-state index contributed by atoms with van der Waals surface area (Å²) in [6, 6.07) is 6.17. The molecule has 1 rings (SSSR count). The average Bonchev–Trinajstić information content (AvgIpc) is 2.17. The third kappa shape index (κ3) is 2.97. The summed E-state index contributed by atoms with van der Waals surface area (Å²) in [5, 5.41) is 0. The first kappa shape index (κ1) is 12.5. The van der Waals surface area contributed by atoms with Gasteiger partial charge >= 0.3 is 0 Å². The van der Waals surface area contributed by atoms with E-state index in [0.29, 0.717) is 0 Å². The van der Waals surface area contributed by atoms with Crippen LogP contribution in [0, 0.1) is 3.57 Å². The molecule has 1 aromatic rings. The topological polar surface area (TPSA) is 17.1 Å². The molecule has 0 saturated heterocycles. The molecule has 14 heavy (non-hydrogen) atoms. The summed E-state index contributed by atoms with van der Waals surface area (Å²) in [4.78, 5) is 12.2. The van der Waals surface area contributed by atoms with Gasteiger partial charge in [0.05, 0.1) is 4.83 Å². The zero-order chi connectivity index (χ0) is 10.7. The number of benzene rings is 1. The van der Waals surface area contributed by atoms with Crippen molar-refractivity contribution in [2.24, 2.45) is 0 Å². The first-order valence-electron chi connectivity index (χ1n) is 4.04. The molecule has 0 heterocycles. The lowest BCUT2D eigenvalue weighted by atomic mass is 10.1. The lowest BCUT2D eigenvalue weighted by Crippen LogP contribution is -2.03. The second-order valence-corrected chi connectivity index (χ2v) is 5.82. The monoisotopic (exact) mass is 384 g/mol. The van der Waals surface area contributed by atoms with E-state index in [-0.39, 0.29) is 10.6 Å². The Morgan fingerprint density at radius 1 is 1.57 bits per heavy atom. The molecule has 0 spiro atoms. The van der Waals surface area contributed by atoms with Gasteiger partial charge in [-0.05, 0) is 59.5 Å². The summed E-state index contributed by atoms with van der Waals surface area (Å²) in [6.07, 6.45) is 2.03. The van der Waals surface area contributed by atoms with Crippen LogP contribution in [0.3, 0.4) is 0 Å². The van der Waals surface area contributed by atoms with Crippen LogP contribution in [-0.4, -0.2) is 12.0 Å². The second kappa shape index (κ2) is 5.51. The van der Waals surface area contributed by atoms with Crippen molar-refractivity contribution >= 4 is 56.1 Å². The maximum atomic E-state index is 11.2. The molecule has 1 unspecified atom stereocenters. The number of rotatable bonds is 3. The summed E-state index contributed by atoms with van der Waals surface area (Å²) < 4.78 is 1.12. The zero-order valence-corrected chi connectivity index (χ0v) is 12.4. The fourth-order valence-corrected chi connectivity index (χ4v) is 2.96. The molecule has 4 heteroatoms. The van der Waals surface area contributed by atoms with Gasteiger partial charge in [0.1, 0.15) is 5.78 Å². The number of Topliss-reactive ketones (excluding diaryl/α,β-unsaturated/α-hetero) is 1. The summed E-state index contributed by atoms with van der Waals surface area (Å²) in [5.74, 6) is 0.140. The first-order chi connectivity index (χ1) is 6.56. The maximum Gasteiger partial charge on any atom is 0.147 e. The van der Waals surface area contributed by atoms with E-state index in [1.54, 1.807) is 18.7 Å². The van der Waals surface area contributed by atoms with Crippen LogP contribution in [-0.2, 0) is 4.79 Å². The van der Waals surface area contributed by atoms with Gasteiger partial charge in [-0.15, -0.1) is 11.8 Å². The van der Waals surface area contributed by atoms with Gasteiger partial charge in [0, 0.05) is 8.47 Å².